The molecule has 242 valence electrons. The largest absolute Gasteiger partial charge is 0.497 e. The second-order valence-corrected chi connectivity index (χ2v) is 10.5. The quantitative estimate of drug-likeness (QED) is 0.269. The van der Waals surface area contributed by atoms with Crippen LogP contribution < -0.4 is 9.64 Å². The average Bonchev–Trinajstić information content (AvgIpc) is 3.16. The Morgan fingerprint density at radius 3 is 2.19 bits per heavy atom. The van der Waals surface area contributed by atoms with E-state index in [1.54, 1.807) is 41.6 Å². The van der Waals surface area contributed by atoms with Crippen molar-refractivity contribution in [3.8, 4) is 5.75 Å². The van der Waals surface area contributed by atoms with Crippen LogP contribution in [-0.4, -0.2) is 55.9 Å². The van der Waals surface area contributed by atoms with Crippen molar-refractivity contribution in [3.05, 3.63) is 88.4 Å². The Labute approximate surface area is 263 Å². The molecule has 1 atom stereocenters. The van der Waals surface area contributed by atoms with Gasteiger partial charge in [-0.2, -0.15) is 0 Å². The van der Waals surface area contributed by atoms with E-state index in [0.29, 0.717) is 23.8 Å². The lowest BCUT2D eigenvalue weighted by Crippen LogP contribution is -2.22. The van der Waals surface area contributed by atoms with Crippen molar-refractivity contribution in [1.29, 1.82) is 0 Å². The molecule has 0 radical (unpaired) electrons. The second-order valence-electron chi connectivity index (χ2n) is 10.5. The molecule has 43 heavy (non-hydrogen) atoms. The summed E-state index contributed by atoms with van der Waals surface area (Å²) >= 11 is 0. The lowest BCUT2D eigenvalue weighted by Gasteiger charge is -2.26. The van der Waals surface area contributed by atoms with Gasteiger partial charge in [-0.1, -0.05) is 57.5 Å². The minimum atomic E-state index is -0.212. The summed E-state index contributed by atoms with van der Waals surface area (Å²) < 4.78 is 29.3. The summed E-state index contributed by atoms with van der Waals surface area (Å²) in [5, 5.41) is 0. The fraction of sp³-hybridized carbons (Fsp3) is 0.486. The number of nitrogens with zero attached hydrogens (tertiary/aromatic N) is 2. The van der Waals surface area contributed by atoms with E-state index < -0.39 is 0 Å². The highest BCUT2D eigenvalue weighted by atomic mass is 19.1. The summed E-state index contributed by atoms with van der Waals surface area (Å²) in [5.41, 5.74) is 7.58. The molecule has 1 unspecified atom stereocenters. The first-order chi connectivity index (χ1) is 20.7. The summed E-state index contributed by atoms with van der Waals surface area (Å²) in [6.45, 7) is 15.0. The number of benzene rings is 2. The molecule has 6 heteroatoms. The first-order valence-corrected chi connectivity index (χ1v) is 15.1. The van der Waals surface area contributed by atoms with Crippen LogP contribution in [0.4, 0.5) is 10.1 Å². The summed E-state index contributed by atoms with van der Waals surface area (Å²) in [7, 11) is 10.2. The minimum absolute atomic E-state index is 0. The monoisotopic (exact) mass is 598 g/mol. The molecule has 0 aromatic heterocycles. The van der Waals surface area contributed by atoms with E-state index in [4.69, 9.17) is 4.74 Å². The van der Waals surface area contributed by atoms with E-state index in [-0.39, 0.29) is 7.24 Å². The third-order valence-electron chi connectivity index (χ3n) is 6.78. The SMILES string of the molecule is C=N/C(=C\C)CC1CC=C(CC)C(CN(C)c2ccccc2C)=C(c2cc(OC)ccc2F)C1.CCC.COC.COC.[HH]. The molecule has 0 amide bonds. The van der Waals surface area contributed by atoms with Crippen LogP contribution >= 0.6 is 0 Å². The van der Waals surface area contributed by atoms with Crippen molar-refractivity contribution in [2.24, 2.45) is 10.9 Å². The fourth-order valence-electron chi connectivity index (χ4n) is 4.85. The standard InChI is InChI=1S/C30H37FN2O.C3H8.2C2H6O.H2/c1-7-23-14-13-22(17-24(8-2)32-4)18-26(27-19-25(34-6)15-16-29(27)31)28(23)20-33(5)30-12-10-9-11-21(30)3;3*1-3-2;/h8-12,14-16,19,22H,4,7,13,17-18,20H2,1-3,5-6H3;3H2,1-2H3;2*1-2H3;1H/b24-8-;;;;. The van der Waals surface area contributed by atoms with E-state index in [9.17, 15) is 0 Å². The Hall–Kier alpha value is -3.22. The first-order valence-electron chi connectivity index (χ1n) is 15.1. The van der Waals surface area contributed by atoms with E-state index in [0.717, 1.165) is 37.0 Å². The Balaban J connectivity index is 0. The van der Waals surface area contributed by atoms with Crippen LogP contribution in [0, 0.1) is 18.7 Å². The highest BCUT2D eigenvalue weighted by molar-refractivity contribution is 5.76. The van der Waals surface area contributed by atoms with Gasteiger partial charge in [0.05, 0.1) is 7.11 Å². The molecule has 0 fully saturated rings. The van der Waals surface area contributed by atoms with E-state index in [1.165, 1.54) is 34.9 Å². The molecule has 0 saturated carbocycles. The smallest absolute Gasteiger partial charge is 0.130 e. The highest BCUT2D eigenvalue weighted by Crippen LogP contribution is 2.40. The van der Waals surface area contributed by atoms with Crippen molar-refractivity contribution in [1.82, 2.24) is 0 Å². The van der Waals surface area contributed by atoms with Gasteiger partial charge in [0.2, 0.25) is 0 Å². The van der Waals surface area contributed by atoms with E-state index >= 15 is 4.39 Å². The van der Waals surface area contributed by atoms with Crippen LogP contribution in [0.1, 0.15) is 72.4 Å². The van der Waals surface area contributed by atoms with E-state index in [2.05, 4.69) is 91.2 Å². The molecule has 0 N–H and O–H groups in total. The zero-order chi connectivity index (χ0) is 32.8. The maximum Gasteiger partial charge on any atom is 0.130 e. The number of ether oxygens (including phenoxy) is 3. The van der Waals surface area contributed by atoms with Crippen molar-refractivity contribution in [2.45, 2.75) is 66.7 Å². The number of aliphatic imine (C=N–C) groups is 1. The number of hydrogen-bond donors (Lipinski definition) is 0. The Kier molecular flexibility index (Phi) is 21.5. The van der Waals surface area contributed by atoms with Gasteiger partial charge in [0.1, 0.15) is 11.6 Å². The maximum absolute atomic E-state index is 15.3. The number of rotatable bonds is 9. The van der Waals surface area contributed by atoms with Crippen LogP contribution in [0.25, 0.3) is 5.57 Å². The summed E-state index contributed by atoms with van der Waals surface area (Å²) in [4.78, 5) is 6.48. The number of hydrogen-bond acceptors (Lipinski definition) is 5. The van der Waals surface area contributed by atoms with Crippen molar-refractivity contribution >= 4 is 18.0 Å². The van der Waals surface area contributed by atoms with Gasteiger partial charge < -0.3 is 19.1 Å². The van der Waals surface area contributed by atoms with Crippen LogP contribution in [0.15, 0.2) is 76.5 Å². The van der Waals surface area contributed by atoms with Gasteiger partial charge in [0, 0.05) is 60.4 Å². The van der Waals surface area contributed by atoms with Gasteiger partial charge in [0.15, 0.2) is 0 Å². The lowest BCUT2D eigenvalue weighted by molar-refractivity contribution is 0.277. The Morgan fingerprint density at radius 1 is 1.07 bits per heavy atom. The topological polar surface area (TPSA) is 43.3 Å². The molecule has 2 aromatic carbocycles. The number of halogens is 1. The first kappa shape index (κ1) is 39.8. The number of allylic oxidation sites excluding steroid dienone is 4. The second kappa shape index (κ2) is 23.3. The molecular formula is C37H59FN2O3. The molecule has 3 rings (SSSR count). The van der Waals surface area contributed by atoms with E-state index in [1.807, 2.05) is 19.1 Å². The summed E-state index contributed by atoms with van der Waals surface area (Å²) in [6, 6.07) is 13.4. The van der Waals surface area contributed by atoms with Crippen molar-refractivity contribution < 1.29 is 20.0 Å². The van der Waals surface area contributed by atoms with Gasteiger partial charge in [-0.05, 0) is 98.7 Å². The minimum Gasteiger partial charge on any atom is -0.497 e. The highest BCUT2D eigenvalue weighted by Gasteiger charge is 2.25. The molecule has 1 aliphatic carbocycles. The predicted octanol–water partition coefficient (Wildman–Crippen LogP) is 9.96. The normalized spacial score (nSPS) is 14.5. The molecule has 2 aromatic rings. The van der Waals surface area contributed by atoms with Gasteiger partial charge in [0.25, 0.3) is 0 Å². The van der Waals surface area contributed by atoms with Gasteiger partial charge >= 0.3 is 0 Å². The predicted molar refractivity (Wildman–Crippen MR) is 187 cm³/mol. The number of likely N-dealkylation sites (N-methyl/N-ethyl adjacent to an activating group) is 1. The zero-order valence-corrected chi connectivity index (χ0v) is 28.7. The number of methoxy groups -OCH3 is 3. The molecule has 0 heterocycles. The molecule has 0 saturated heterocycles. The van der Waals surface area contributed by atoms with Gasteiger partial charge in [-0.15, -0.1) is 0 Å². The molecule has 0 bridgehead atoms. The third kappa shape index (κ3) is 13.7. The van der Waals surface area contributed by atoms with Crippen LogP contribution in [-0.2, 0) is 9.47 Å². The zero-order valence-electron chi connectivity index (χ0n) is 28.7. The summed E-state index contributed by atoms with van der Waals surface area (Å²) in [6.07, 6.45) is 9.05. The molecule has 0 spiro atoms. The molecular weight excluding hydrogens is 539 g/mol. The van der Waals surface area contributed by atoms with Crippen LogP contribution in [0.5, 0.6) is 5.75 Å². The maximum atomic E-state index is 15.3. The summed E-state index contributed by atoms with van der Waals surface area (Å²) in [5.74, 6) is 0.774. The Bertz CT molecular complexity index is 1170. The van der Waals surface area contributed by atoms with Crippen molar-refractivity contribution in [2.75, 3.05) is 54.0 Å². The van der Waals surface area contributed by atoms with Crippen molar-refractivity contribution in [3.63, 3.8) is 0 Å². The number of para-hydroxylation sites is 1. The molecule has 1 aliphatic rings. The third-order valence-corrected chi connectivity index (χ3v) is 6.78. The van der Waals surface area contributed by atoms with Crippen LogP contribution in [0.3, 0.4) is 0 Å². The molecule has 5 nitrogen and oxygen atoms in total. The Morgan fingerprint density at radius 2 is 1.67 bits per heavy atom. The molecule has 0 aliphatic heterocycles. The lowest BCUT2D eigenvalue weighted by atomic mass is 9.87. The fourth-order valence-corrected chi connectivity index (χ4v) is 4.85. The number of aryl methyl sites for hydroxylation is 1. The van der Waals surface area contributed by atoms with Gasteiger partial charge in [-0.3, -0.25) is 4.99 Å². The van der Waals surface area contributed by atoms with Crippen LogP contribution in [0.2, 0.25) is 0 Å². The van der Waals surface area contributed by atoms with Gasteiger partial charge in [-0.25, -0.2) is 4.39 Å². The number of anilines is 1. The average molecular weight is 599 g/mol.